The van der Waals surface area contributed by atoms with E-state index < -0.39 is 6.61 Å². The van der Waals surface area contributed by atoms with Crippen LogP contribution in [0.2, 0.25) is 0 Å². The van der Waals surface area contributed by atoms with E-state index in [2.05, 4.69) is 12.2 Å². The first-order chi connectivity index (χ1) is 8.31. The molecule has 0 aliphatic rings. The number of carbonyl (C=O) groups excluding carboxylic acids is 1. The molecule has 4 heteroatoms. The van der Waals surface area contributed by atoms with Gasteiger partial charge in [-0.15, -0.1) is 0 Å². The van der Waals surface area contributed by atoms with E-state index >= 15 is 0 Å². The van der Waals surface area contributed by atoms with E-state index in [1.165, 1.54) is 32.1 Å². The summed E-state index contributed by atoms with van der Waals surface area (Å²) in [5.74, 6) is -0.319. The van der Waals surface area contributed by atoms with E-state index in [1.54, 1.807) is 0 Å². The lowest BCUT2D eigenvalue weighted by atomic mass is 10.1. The quantitative estimate of drug-likeness (QED) is 0.516. The minimum absolute atomic E-state index is 0.319. The summed E-state index contributed by atoms with van der Waals surface area (Å²) in [6.45, 7) is 3.87. The zero-order chi connectivity index (χ0) is 12.8. The Morgan fingerprint density at radius 3 is 2.41 bits per heavy atom. The number of carbonyl (C=O) groups is 1. The van der Waals surface area contributed by atoms with Crippen molar-refractivity contribution >= 4 is 5.91 Å². The van der Waals surface area contributed by atoms with Crippen LogP contribution in [0.15, 0.2) is 0 Å². The van der Waals surface area contributed by atoms with E-state index in [4.69, 9.17) is 9.84 Å². The van der Waals surface area contributed by atoms with Crippen molar-refractivity contribution in [1.82, 2.24) is 5.32 Å². The first-order valence-electron chi connectivity index (χ1n) is 6.76. The van der Waals surface area contributed by atoms with Crippen LogP contribution in [0.1, 0.15) is 51.9 Å². The number of ether oxygens (including phenoxy) is 1. The van der Waals surface area contributed by atoms with Gasteiger partial charge < -0.3 is 15.2 Å². The van der Waals surface area contributed by atoms with E-state index in [1.807, 2.05) is 0 Å². The minimum Gasteiger partial charge on any atom is -0.387 e. The first-order valence-corrected chi connectivity index (χ1v) is 6.76. The van der Waals surface area contributed by atoms with Gasteiger partial charge in [-0.2, -0.15) is 0 Å². The number of rotatable bonds is 12. The SMILES string of the molecule is CCCCCCCCOCCCNC(=O)CO. The highest BCUT2D eigenvalue weighted by molar-refractivity contribution is 5.76. The van der Waals surface area contributed by atoms with Crippen LogP contribution in [0.5, 0.6) is 0 Å². The number of hydrogen-bond acceptors (Lipinski definition) is 3. The second-order valence-electron chi connectivity index (χ2n) is 4.24. The third kappa shape index (κ3) is 13.3. The van der Waals surface area contributed by atoms with Crippen LogP contribution in [0, 0.1) is 0 Å². The molecule has 0 aliphatic heterocycles. The van der Waals surface area contributed by atoms with Crippen LogP contribution >= 0.6 is 0 Å². The summed E-state index contributed by atoms with van der Waals surface area (Å²) in [7, 11) is 0. The Kier molecular flexibility index (Phi) is 13.0. The van der Waals surface area contributed by atoms with Crippen molar-refractivity contribution in [2.24, 2.45) is 0 Å². The molecule has 2 N–H and O–H groups in total. The fourth-order valence-electron chi connectivity index (χ4n) is 1.54. The van der Waals surface area contributed by atoms with Gasteiger partial charge in [0.2, 0.25) is 5.91 Å². The highest BCUT2D eigenvalue weighted by Gasteiger charge is 1.96. The van der Waals surface area contributed by atoms with Gasteiger partial charge in [0.25, 0.3) is 0 Å². The molecule has 0 heterocycles. The van der Waals surface area contributed by atoms with Crippen LogP contribution in [0.4, 0.5) is 0 Å². The molecule has 0 aromatic heterocycles. The van der Waals surface area contributed by atoms with Crippen LogP contribution < -0.4 is 5.32 Å². The summed E-state index contributed by atoms with van der Waals surface area (Å²) in [5, 5.41) is 11.0. The Morgan fingerprint density at radius 2 is 1.71 bits per heavy atom. The molecule has 0 aromatic rings. The van der Waals surface area contributed by atoms with Gasteiger partial charge in [-0.3, -0.25) is 4.79 Å². The Bertz CT molecular complexity index is 174. The predicted octanol–water partition coefficient (Wildman–Crippen LogP) is 1.86. The van der Waals surface area contributed by atoms with Crippen molar-refractivity contribution in [3.63, 3.8) is 0 Å². The summed E-state index contributed by atoms with van der Waals surface area (Å²) >= 11 is 0. The molecule has 0 rings (SSSR count). The van der Waals surface area contributed by atoms with Gasteiger partial charge in [0.05, 0.1) is 0 Å². The van der Waals surface area contributed by atoms with Crippen molar-refractivity contribution in [2.75, 3.05) is 26.4 Å². The van der Waals surface area contributed by atoms with Gasteiger partial charge >= 0.3 is 0 Å². The van der Waals surface area contributed by atoms with Gasteiger partial charge in [-0.05, 0) is 12.8 Å². The van der Waals surface area contributed by atoms with Crippen LogP contribution in [0.3, 0.4) is 0 Å². The summed E-state index contributed by atoms with van der Waals surface area (Å²) < 4.78 is 5.44. The van der Waals surface area contributed by atoms with Crippen LogP contribution in [-0.4, -0.2) is 37.4 Å². The Balaban J connectivity index is 2.96. The number of nitrogens with one attached hydrogen (secondary N) is 1. The van der Waals surface area contributed by atoms with E-state index in [-0.39, 0.29) is 5.91 Å². The summed E-state index contributed by atoms with van der Waals surface area (Å²) in [6, 6.07) is 0. The lowest BCUT2D eigenvalue weighted by Crippen LogP contribution is -2.27. The van der Waals surface area contributed by atoms with Crippen molar-refractivity contribution in [1.29, 1.82) is 0 Å². The molecular formula is C13H27NO3. The van der Waals surface area contributed by atoms with Crippen molar-refractivity contribution in [3.05, 3.63) is 0 Å². The van der Waals surface area contributed by atoms with Gasteiger partial charge in [-0.25, -0.2) is 0 Å². The summed E-state index contributed by atoms with van der Waals surface area (Å²) in [4.78, 5) is 10.7. The molecule has 0 atom stereocenters. The predicted molar refractivity (Wildman–Crippen MR) is 68.9 cm³/mol. The third-order valence-electron chi connectivity index (χ3n) is 2.57. The fourth-order valence-corrected chi connectivity index (χ4v) is 1.54. The molecule has 1 amide bonds. The number of aliphatic hydroxyl groups is 1. The van der Waals surface area contributed by atoms with Crippen molar-refractivity contribution < 1.29 is 14.6 Å². The second-order valence-corrected chi connectivity index (χ2v) is 4.24. The summed E-state index contributed by atoms with van der Waals surface area (Å²) in [6.07, 6.45) is 8.46. The Hall–Kier alpha value is -0.610. The Labute approximate surface area is 105 Å². The molecule has 0 spiro atoms. The maximum atomic E-state index is 10.7. The largest absolute Gasteiger partial charge is 0.387 e. The number of amides is 1. The molecule has 102 valence electrons. The molecular weight excluding hydrogens is 218 g/mol. The molecule has 0 saturated heterocycles. The monoisotopic (exact) mass is 245 g/mol. The molecule has 0 bridgehead atoms. The molecule has 0 aromatic carbocycles. The second kappa shape index (κ2) is 13.5. The molecule has 0 fully saturated rings. The molecule has 0 unspecified atom stereocenters. The lowest BCUT2D eigenvalue weighted by molar-refractivity contribution is -0.123. The normalized spacial score (nSPS) is 10.5. The zero-order valence-corrected chi connectivity index (χ0v) is 11.0. The van der Waals surface area contributed by atoms with Crippen LogP contribution in [0.25, 0.3) is 0 Å². The highest BCUT2D eigenvalue weighted by atomic mass is 16.5. The topological polar surface area (TPSA) is 58.6 Å². The number of aliphatic hydroxyl groups excluding tert-OH is 1. The third-order valence-corrected chi connectivity index (χ3v) is 2.57. The maximum Gasteiger partial charge on any atom is 0.245 e. The van der Waals surface area contributed by atoms with Gasteiger partial charge in [0, 0.05) is 19.8 Å². The van der Waals surface area contributed by atoms with Crippen LogP contribution in [-0.2, 0) is 9.53 Å². The maximum absolute atomic E-state index is 10.7. The van der Waals surface area contributed by atoms with Crippen molar-refractivity contribution in [2.45, 2.75) is 51.9 Å². The standard InChI is InChI=1S/C13H27NO3/c1-2-3-4-5-6-7-10-17-11-8-9-14-13(16)12-15/h15H,2-12H2,1H3,(H,14,16). The summed E-state index contributed by atoms with van der Waals surface area (Å²) in [5.41, 5.74) is 0. The molecule has 17 heavy (non-hydrogen) atoms. The zero-order valence-electron chi connectivity index (χ0n) is 11.0. The van der Waals surface area contributed by atoms with E-state index in [0.29, 0.717) is 13.2 Å². The lowest BCUT2D eigenvalue weighted by Gasteiger charge is -2.05. The van der Waals surface area contributed by atoms with Gasteiger partial charge in [0.15, 0.2) is 0 Å². The van der Waals surface area contributed by atoms with Gasteiger partial charge in [0.1, 0.15) is 6.61 Å². The highest BCUT2D eigenvalue weighted by Crippen LogP contribution is 2.04. The van der Waals surface area contributed by atoms with E-state index in [9.17, 15) is 4.79 Å². The Morgan fingerprint density at radius 1 is 1.06 bits per heavy atom. The van der Waals surface area contributed by atoms with Gasteiger partial charge in [-0.1, -0.05) is 39.0 Å². The minimum atomic E-state index is -0.432. The number of hydrogen-bond donors (Lipinski definition) is 2. The molecule has 4 nitrogen and oxygen atoms in total. The molecule has 0 saturated carbocycles. The molecule has 0 aliphatic carbocycles. The first kappa shape index (κ1) is 16.4. The van der Waals surface area contributed by atoms with Crippen molar-refractivity contribution in [3.8, 4) is 0 Å². The average Bonchev–Trinajstić information content (AvgIpc) is 2.35. The fraction of sp³-hybridized carbons (Fsp3) is 0.923. The number of unbranched alkanes of at least 4 members (excludes halogenated alkanes) is 5. The average molecular weight is 245 g/mol. The smallest absolute Gasteiger partial charge is 0.245 e. The molecule has 0 radical (unpaired) electrons. The van der Waals surface area contributed by atoms with E-state index in [0.717, 1.165) is 19.4 Å².